The molecule has 1 aromatic rings. The quantitative estimate of drug-likeness (QED) is 0.658. The Morgan fingerprint density at radius 3 is 2.54 bits per heavy atom. The highest BCUT2D eigenvalue weighted by molar-refractivity contribution is 5.58. The smallest absolute Gasteiger partial charge is 0.0809 e. The van der Waals surface area contributed by atoms with E-state index < -0.39 is 0 Å². The summed E-state index contributed by atoms with van der Waals surface area (Å²) in [6.45, 7) is 4.00. The molecule has 0 radical (unpaired) electrons. The summed E-state index contributed by atoms with van der Waals surface area (Å²) in [7, 11) is 2.04. The largest absolute Gasteiger partial charge is 0.359 e. The first-order valence-electron chi connectivity index (χ1n) is 4.85. The summed E-state index contributed by atoms with van der Waals surface area (Å²) >= 11 is 0. The Labute approximate surface area is 80.4 Å². The Morgan fingerprint density at radius 1 is 1.31 bits per heavy atom. The zero-order chi connectivity index (χ0) is 9.84. The van der Waals surface area contributed by atoms with Crippen LogP contribution in [0.15, 0.2) is 24.3 Å². The van der Waals surface area contributed by atoms with Gasteiger partial charge in [0, 0.05) is 19.2 Å². The van der Waals surface area contributed by atoms with E-state index in [4.69, 9.17) is 5.73 Å². The van der Waals surface area contributed by atoms with Gasteiger partial charge >= 0.3 is 0 Å². The van der Waals surface area contributed by atoms with Gasteiger partial charge in [-0.05, 0) is 11.6 Å². The first-order chi connectivity index (χ1) is 6.29. The summed E-state index contributed by atoms with van der Waals surface area (Å²) in [6.07, 6.45) is 1.15. The van der Waals surface area contributed by atoms with Gasteiger partial charge in [0.1, 0.15) is 0 Å². The third-order valence-electron chi connectivity index (χ3n) is 2.30. The number of rotatable bonds is 0. The molecule has 1 atom stereocenters. The van der Waals surface area contributed by atoms with Crippen LogP contribution in [0.4, 0.5) is 5.69 Å². The molecule has 2 nitrogen and oxygen atoms in total. The fraction of sp³-hybridized carbons (Fsp3) is 0.455. The molecule has 1 aliphatic heterocycles. The van der Waals surface area contributed by atoms with Crippen molar-refractivity contribution in [2.75, 3.05) is 11.9 Å². The van der Waals surface area contributed by atoms with E-state index in [1.165, 1.54) is 11.3 Å². The second-order valence-corrected chi connectivity index (χ2v) is 3.01. The van der Waals surface area contributed by atoms with E-state index in [-0.39, 0.29) is 6.17 Å². The highest BCUT2D eigenvalue weighted by Crippen LogP contribution is 2.27. The van der Waals surface area contributed by atoms with Crippen LogP contribution < -0.4 is 10.6 Å². The molecule has 13 heavy (non-hydrogen) atoms. The van der Waals surface area contributed by atoms with Gasteiger partial charge in [-0.15, -0.1) is 0 Å². The molecule has 0 aromatic heterocycles. The molecule has 2 N–H and O–H groups in total. The average Bonchev–Trinajstić information content (AvgIpc) is 2.47. The van der Waals surface area contributed by atoms with Crippen molar-refractivity contribution in [2.24, 2.45) is 5.73 Å². The summed E-state index contributed by atoms with van der Waals surface area (Å²) in [6, 6.07) is 8.36. The van der Waals surface area contributed by atoms with Gasteiger partial charge in [0.15, 0.2) is 0 Å². The van der Waals surface area contributed by atoms with Gasteiger partial charge in [0.25, 0.3) is 0 Å². The van der Waals surface area contributed by atoms with E-state index in [9.17, 15) is 0 Å². The monoisotopic (exact) mass is 178 g/mol. The Bertz CT molecular complexity index is 271. The number of para-hydroxylation sites is 1. The van der Waals surface area contributed by atoms with E-state index in [1.807, 2.05) is 27.0 Å². The number of nitrogens with zero attached hydrogens (tertiary/aromatic N) is 1. The predicted molar refractivity (Wildman–Crippen MR) is 57.9 cm³/mol. The Kier molecular flexibility index (Phi) is 3.32. The molecule has 72 valence electrons. The van der Waals surface area contributed by atoms with Crippen LogP contribution in [0.5, 0.6) is 0 Å². The van der Waals surface area contributed by atoms with Gasteiger partial charge in [-0.3, -0.25) is 0 Å². The molecule has 1 heterocycles. The first kappa shape index (κ1) is 10.1. The molecule has 1 aromatic carbocycles. The Morgan fingerprint density at radius 2 is 1.92 bits per heavy atom. The molecule has 2 rings (SSSR count). The molecule has 0 saturated heterocycles. The van der Waals surface area contributed by atoms with E-state index in [0.29, 0.717) is 0 Å². The second-order valence-electron chi connectivity index (χ2n) is 3.01. The molecule has 0 aliphatic carbocycles. The van der Waals surface area contributed by atoms with Crippen LogP contribution >= 0.6 is 0 Å². The number of benzene rings is 1. The molecule has 0 fully saturated rings. The van der Waals surface area contributed by atoms with Gasteiger partial charge in [-0.2, -0.15) is 0 Å². The topological polar surface area (TPSA) is 29.3 Å². The van der Waals surface area contributed by atoms with Gasteiger partial charge in [-0.25, -0.2) is 0 Å². The first-order valence-corrected chi connectivity index (χ1v) is 4.85. The lowest BCUT2D eigenvalue weighted by Crippen LogP contribution is -2.35. The predicted octanol–water partition coefficient (Wildman–Crippen LogP) is 1.99. The van der Waals surface area contributed by atoms with E-state index in [2.05, 4.69) is 23.1 Å². The highest BCUT2D eigenvalue weighted by Gasteiger charge is 2.21. The van der Waals surface area contributed by atoms with Crippen LogP contribution in [0.3, 0.4) is 0 Å². The lowest BCUT2D eigenvalue weighted by atomic mass is 10.2. The highest BCUT2D eigenvalue weighted by atomic mass is 15.2. The molecule has 0 amide bonds. The molecule has 2 heteroatoms. The van der Waals surface area contributed by atoms with Crippen molar-refractivity contribution in [1.82, 2.24) is 0 Å². The fourth-order valence-corrected chi connectivity index (χ4v) is 1.57. The molecule has 1 aliphatic rings. The van der Waals surface area contributed by atoms with Crippen molar-refractivity contribution in [2.45, 2.75) is 26.4 Å². The number of fused-ring (bicyclic) bond motifs is 1. The fourth-order valence-electron chi connectivity index (χ4n) is 1.57. The summed E-state index contributed by atoms with van der Waals surface area (Å²) in [5.41, 5.74) is 8.50. The van der Waals surface area contributed by atoms with Crippen LogP contribution in [0.2, 0.25) is 0 Å². The number of hydrogen-bond acceptors (Lipinski definition) is 2. The Balaban J connectivity index is 0.000000396. The molecular formula is C11H18N2. The van der Waals surface area contributed by atoms with Crippen LogP contribution in [-0.4, -0.2) is 13.2 Å². The number of anilines is 1. The van der Waals surface area contributed by atoms with Crippen LogP contribution in [-0.2, 0) is 6.42 Å². The second kappa shape index (κ2) is 4.28. The van der Waals surface area contributed by atoms with Crippen molar-refractivity contribution in [3.8, 4) is 0 Å². The zero-order valence-corrected chi connectivity index (χ0v) is 8.62. The van der Waals surface area contributed by atoms with E-state index in [0.717, 1.165) is 6.42 Å². The van der Waals surface area contributed by atoms with Gasteiger partial charge < -0.3 is 10.6 Å². The maximum atomic E-state index is 5.85. The third kappa shape index (κ3) is 1.83. The minimum atomic E-state index is 0.174. The van der Waals surface area contributed by atoms with Crippen molar-refractivity contribution in [3.05, 3.63) is 29.8 Å². The normalized spacial score (nSPS) is 19.1. The van der Waals surface area contributed by atoms with Crippen molar-refractivity contribution in [3.63, 3.8) is 0 Å². The van der Waals surface area contributed by atoms with E-state index in [1.54, 1.807) is 0 Å². The molecular weight excluding hydrogens is 160 g/mol. The zero-order valence-electron chi connectivity index (χ0n) is 8.62. The number of hydrogen-bond donors (Lipinski definition) is 1. The number of likely N-dealkylation sites (N-methyl/N-ethyl adjacent to an activating group) is 1. The van der Waals surface area contributed by atoms with Gasteiger partial charge in [0.05, 0.1) is 6.17 Å². The SMILES string of the molecule is CC.CN1c2ccccc2CC1N. The third-order valence-corrected chi connectivity index (χ3v) is 2.30. The minimum Gasteiger partial charge on any atom is -0.359 e. The van der Waals surface area contributed by atoms with Crippen molar-refractivity contribution < 1.29 is 0 Å². The number of nitrogens with two attached hydrogens (primary N) is 1. The summed E-state index contributed by atoms with van der Waals surface area (Å²) < 4.78 is 0. The van der Waals surface area contributed by atoms with Crippen LogP contribution in [0, 0.1) is 0 Å². The lowest BCUT2D eigenvalue weighted by Gasteiger charge is -2.17. The maximum Gasteiger partial charge on any atom is 0.0809 e. The van der Waals surface area contributed by atoms with Crippen LogP contribution in [0.1, 0.15) is 19.4 Å². The van der Waals surface area contributed by atoms with Gasteiger partial charge in [0.2, 0.25) is 0 Å². The Hall–Kier alpha value is -1.02. The van der Waals surface area contributed by atoms with Crippen molar-refractivity contribution in [1.29, 1.82) is 0 Å². The van der Waals surface area contributed by atoms with Crippen molar-refractivity contribution >= 4 is 5.69 Å². The molecule has 0 spiro atoms. The summed E-state index contributed by atoms with van der Waals surface area (Å²) in [4.78, 5) is 2.12. The average molecular weight is 178 g/mol. The summed E-state index contributed by atoms with van der Waals surface area (Å²) in [5.74, 6) is 0. The van der Waals surface area contributed by atoms with Gasteiger partial charge in [-0.1, -0.05) is 32.0 Å². The molecule has 0 bridgehead atoms. The lowest BCUT2D eigenvalue weighted by molar-refractivity contribution is 0.698. The van der Waals surface area contributed by atoms with E-state index >= 15 is 0 Å². The van der Waals surface area contributed by atoms with Crippen LogP contribution in [0.25, 0.3) is 0 Å². The minimum absolute atomic E-state index is 0.174. The molecule has 0 saturated carbocycles. The maximum absolute atomic E-state index is 5.85. The summed E-state index contributed by atoms with van der Waals surface area (Å²) in [5, 5.41) is 0. The molecule has 1 unspecified atom stereocenters. The standard InChI is InChI=1S/C9H12N2.C2H6/c1-11-8-5-3-2-4-7(8)6-9(11)10;1-2/h2-5,9H,6,10H2,1H3;1-2H3.